The zero-order valence-electron chi connectivity index (χ0n) is 19.6. The Bertz CT molecular complexity index is 1530. The van der Waals surface area contributed by atoms with Crippen LogP contribution >= 0.6 is 0 Å². The molecule has 2 heterocycles. The van der Waals surface area contributed by atoms with Gasteiger partial charge in [-0.25, -0.2) is 0 Å². The third-order valence-corrected chi connectivity index (χ3v) is 5.83. The first-order valence-corrected chi connectivity index (χ1v) is 11.0. The molecule has 0 atom stereocenters. The molecule has 0 fully saturated rings. The molecular weight excluding hydrogens is 451 g/mol. The van der Waals surface area contributed by atoms with Gasteiger partial charge in [0.25, 0.3) is 5.56 Å². The molecule has 0 aliphatic rings. The first-order chi connectivity index (χ1) is 16.6. The Balaban J connectivity index is 1.72. The van der Waals surface area contributed by atoms with Crippen LogP contribution in [0.3, 0.4) is 0 Å². The van der Waals surface area contributed by atoms with Gasteiger partial charge in [-0.2, -0.15) is 13.2 Å². The highest BCUT2D eigenvalue weighted by atomic mass is 19.4. The van der Waals surface area contributed by atoms with Crippen molar-refractivity contribution >= 4 is 28.4 Å². The number of nitrogens with zero attached hydrogens (tertiary/aromatic N) is 2. The van der Waals surface area contributed by atoms with Gasteiger partial charge in [-0.1, -0.05) is 30.9 Å². The molecule has 0 radical (unpaired) electrons. The number of pyridine rings is 2. The SMILES string of the molecule is C=C(Nc1ccc(C)c(-c2cc3cnc(/C=C/C)cc3n(C)c2=O)c1)c1cccc(C(F)(F)F)c1. The maximum Gasteiger partial charge on any atom is 0.416 e. The van der Waals surface area contributed by atoms with Crippen molar-refractivity contribution in [2.24, 2.45) is 7.05 Å². The van der Waals surface area contributed by atoms with Crippen molar-refractivity contribution < 1.29 is 13.2 Å². The second-order valence-electron chi connectivity index (χ2n) is 8.30. The van der Waals surface area contributed by atoms with Gasteiger partial charge in [-0.05, 0) is 73.0 Å². The number of nitrogens with one attached hydrogen (secondary N) is 1. The van der Waals surface area contributed by atoms with Gasteiger partial charge in [0.1, 0.15) is 0 Å². The Morgan fingerprint density at radius 3 is 2.57 bits per heavy atom. The number of aromatic nitrogens is 2. The standard InChI is InChI=1S/C28H24F3N3O/c1-5-7-22-15-26-20(16-32-22)13-25(27(35)34(26)4)24-14-23(11-10-17(24)2)33-18(3)19-8-6-9-21(12-19)28(29,30)31/h5-16,33H,3H2,1-2,4H3/b7-5+. The van der Waals surface area contributed by atoms with Crippen LogP contribution < -0.4 is 10.9 Å². The van der Waals surface area contributed by atoms with Crippen LogP contribution in [0.15, 0.2) is 78.2 Å². The molecule has 7 heteroatoms. The van der Waals surface area contributed by atoms with Crippen LogP contribution in [0.1, 0.15) is 29.3 Å². The zero-order valence-corrected chi connectivity index (χ0v) is 19.6. The minimum atomic E-state index is -4.44. The molecule has 0 spiro atoms. The molecule has 4 aromatic rings. The van der Waals surface area contributed by atoms with Crippen molar-refractivity contribution in [3.8, 4) is 11.1 Å². The molecule has 0 saturated carbocycles. The molecule has 178 valence electrons. The molecule has 4 nitrogen and oxygen atoms in total. The lowest BCUT2D eigenvalue weighted by atomic mass is 9.99. The Morgan fingerprint density at radius 1 is 1.09 bits per heavy atom. The van der Waals surface area contributed by atoms with Crippen molar-refractivity contribution in [3.05, 3.63) is 106 Å². The van der Waals surface area contributed by atoms with Crippen LogP contribution in [0.5, 0.6) is 0 Å². The van der Waals surface area contributed by atoms with Crippen LogP contribution in [-0.4, -0.2) is 9.55 Å². The summed E-state index contributed by atoms with van der Waals surface area (Å²) in [5, 5.41) is 3.90. The third-order valence-electron chi connectivity index (χ3n) is 5.83. The molecule has 2 aromatic heterocycles. The summed E-state index contributed by atoms with van der Waals surface area (Å²) in [5.74, 6) is 0. The number of halogens is 3. The quantitative estimate of drug-likeness (QED) is 0.337. The predicted molar refractivity (Wildman–Crippen MR) is 136 cm³/mol. The van der Waals surface area contributed by atoms with Gasteiger partial charge >= 0.3 is 6.18 Å². The van der Waals surface area contributed by atoms with E-state index in [4.69, 9.17) is 0 Å². The predicted octanol–water partition coefficient (Wildman–Crippen LogP) is 7.04. The van der Waals surface area contributed by atoms with Crippen molar-refractivity contribution in [1.29, 1.82) is 0 Å². The van der Waals surface area contributed by atoms with E-state index in [0.29, 0.717) is 28.1 Å². The largest absolute Gasteiger partial charge is 0.416 e. The molecule has 0 unspecified atom stereocenters. The van der Waals surface area contributed by atoms with Crippen molar-refractivity contribution in [2.45, 2.75) is 20.0 Å². The van der Waals surface area contributed by atoms with Crippen LogP contribution in [0.25, 0.3) is 33.8 Å². The Morgan fingerprint density at radius 2 is 1.86 bits per heavy atom. The molecule has 0 bridgehead atoms. The number of anilines is 1. The van der Waals surface area contributed by atoms with Gasteiger partial charge in [-0.3, -0.25) is 9.78 Å². The molecular formula is C28H24F3N3O. The Labute approximate surface area is 201 Å². The van der Waals surface area contributed by atoms with Gasteiger partial charge in [0.2, 0.25) is 0 Å². The van der Waals surface area contributed by atoms with E-state index in [1.807, 2.05) is 44.2 Å². The van der Waals surface area contributed by atoms with E-state index < -0.39 is 11.7 Å². The summed E-state index contributed by atoms with van der Waals surface area (Å²) in [6.07, 6.45) is 1.05. The molecule has 4 rings (SSSR count). The lowest BCUT2D eigenvalue weighted by Crippen LogP contribution is -2.19. The van der Waals surface area contributed by atoms with Crippen LogP contribution in [0.2, 0.25) is 0 Å². The lowest BCUT2D eigenvalue weighted by molar-refractivity contribution is -0.137. The topological polar surface area (TPSA) is 46.9 Å². The van der Waals surface area contributed by atoms with E-state index in [-0.39, 0.29) is 5.56 Å². The van der Waals surface area contributed by atoms with E-state index in [0.717, 1.165) is 34.3 Å². The summed E-state index contributed by atoms with van der Waals surface area (Å²) in [6.45, 7) is 7.71. The van der Waals surface area contributed by atoms with Crippen LogP contribution in [0.4, 0.5) is 18.9 Å². The molecule has 1 N–H and O–H groups in total. The molecule has 0 aliphatic heterocycles. The average molecular weight is 476 g/mol. The summed E-state index contributed by atoms with van der Waals surface area (Å²) in [6, 6.07) is 14.1. The summed E-state index contributed by atoms with van der Waals surface area (Å²) < 4.78 is 40.9. The molecule has 35 heavy (non-hydrogen) atoms. The first kappa shape index (κ1) is 24.0. The van der Waals surface area contributed by atoms with E-state index in [9.17, 15) is 18.0 Å². The maximum absolute atomic E-state index is 13.3. The van der Waals surface area contributed by atoms with Crippen LogP contribution in [0, 0.1) is 6.92 Å². The number of fused-ring (bicyclic) bond motifs is 1. The number of hydrogen-bond donors (Lipinski definition) is 1. The summed E-state index contributed by atoms with van der Waals surface area (Å²) in [5.41, 5.74) is 3.99. The number of rotatable bonds is 5. The molecule has 2 aromatic carbocycles. The third kappa shape index (κ3) is 4.89. The monoisotopic (exact) mass is 475 g/mol. The summed E-state index contributed by atoms with van der Waals surface area (Å²) in [7, 11) is 1.72. The Kier molecular flexibility index (Phi) is 6.35. The second-order valence-corrected chi connectivity index (χ2v) is 8.30. The molecule has 0 aliphatic carbocycles. The van der Waals surface area contributed by atoms with Crippen molar-refractivity contribution in [2.75, 3.05) is 5.32 Å². The highest BCUT2D eigenvalue weighted by Gasteiger charge is 2.30. The number of alkyl halides is 3. The molecule has 0 saturated heterocycles. The molecule has 0 amide bonds. The summed E-state index contributed by atoms with van der Waals surface area (Å²) in [4.78, 5) is 17.7. The lowest BCUT2D eigenvalue weighted by Gasteiger charge is -2.15. The highest BCUT2D eigenvalue weighted by Crippen LogP contribution is 2.32. The smallest absolute Gasteiger partial charge is 0.356 e. The maximum atomic E-state index is 13.3. The van der Waals surface area contributed by atoms with Crippen molar-refractivity contribution in [1.82, 2.24) is 9.55 Å². The first-order valence-electron chi connectivity index (χ1n) is 11.0. The fourth-order valence-electron chi connectivity index (χ4n) is 3.95. The minimum absolute atomic E-state index is 0.160. The van der Waals surface area contributed by atoms with Gasteiger partial charge in [0, 0.05) is 35.6 Å². The zero-order chi connectivity index (χ0) is 25.3. The van der Waals surface area contributed by atoms with E-state index >= 15 is 0 Å². The Hall–Kier alpha value is -4.13. The highest BCUT2D eigenvalue weighted by molar-refractivity contribution is 5.86. The number of hydrogen-bond acceptors (Lipinski definition) is 3. The fraction of sp³-hybridized carbons (Fsp3) is 0.143. The van der Waals surface area contributed by atoms with E-state index in [1.54, 1.807) is 36.0 Å². The second kappa shape index (κ2) is 9.25. The number of benzene rings is 2. The normalized spacial score (nSPS) is 11.8. The number of allylic oxidation sites excluding steroid dienone is 1. The van der Waals surface area contributed by atoms with Crippen LogP contribution in [-0.2, 0) is 13.2 Å². The van der Waals surface area contributed by atoms with Gasteiger partial charge in [0.05, 0.1) is 16.8 Å². The van der Waals surface area contributed by atoms with Gasteiger partial charge in [0.15, 0.2) is 0 Å². The fourth-order valence-corrected chi connectivity index (χ4v) is 3.95. The minimum Gasteiger partial charge on any atom is -0.356 e. The van der Waals surface area contributed by atoms with E-state index in [2.05, 4.69) is 16.9 Å². The van der Waals surface area contributed by atoms with E-state index in [1.165, 1.54) is 6.07 Å². The summed E-state index contributed by atoms with van der Waals surface area (Å²) >= 11 is 0. The number of aryl methyl sites for hydroxylation is 2. The van der Waals surface area contributed by atoms with Crippen molar-refractivity contribution in [3.63, 3.8) is 0 Å². The average Bonchev–Trinajstić information content (AvgIpc) is 2.83. The van der Waals surface area contributed by atoms with Gasteiger partial charge < -0.3 is 9.88 Å². The van der Waals surface area contributed by atoms with Gasteiger partial charge in [-0.15, -0.1) is 0 Å².